The van der Waals surface area contributed by atoms with Crippen molar-refractivity contribution >= 4 is 5.96 Å². The Morgan fingerprint density at radius 1 is 0.436 bits per heavy atom. The number of likely N-dealkylation sites (N-methyl/N-ethyl adjacent to an activating group) is 4. The molecule has 594 valence electrons. The first-order valence-electron chi connectivity index (χ1n) is 35.0. The van der Waals surface area contributed by atoms with E-state index in [9.17, 15) is 46.0 Å². The minimum Gasteiger partial charge on any atom is -0.388 e. The summed E-state index contributed by atoms with van der Waals surface area (Å²) >= 11 is 0. The number of ether oxygens (including phenoxy) is 12. The molecule has 6 aliphatic heterocycles. The highest BCUT2D eigenvalue weighted by Gasteiger charge is 2.55. The molecule has 9 aliphatic rings. The largest absolute Gasteiger partial charge is 0.388 e. The molecular formula is C61H129N19O21. The van der Waals surface area contributed by atoms with Gasteiger partial charge in [0.05, 0.1) is 74.4 Å². The number of aliphatic hydroxyl groups is 9. The third-order valence-corrected chi connectivity index (χ3v) is 20.8. The number of hydrogen-bond donors (Lipinski definition) is 27. The van der Waals surface area contributed by atoms with E-state index in [1.54, 1.807) is 41.9 Å². The minimum atomic E-state index is -1.29. The van der Waals surface area contributed by atoms with Gasteiger partial charge in [-0.2, -0.15) is 0 Å². The van der Waals surface area contributed by atoms with E-state index in [0.717, 1.165) is 19.3 Å². The van der Waals surface area contributed by atoms with Crippen LogP contribution in [0.25, 0.3) is 0 Å². The molecule has 40 heteroatoms. The lowest BCUT2D eigenvalue weighted by Crippen LogP contribution is -2.68. The topological polar surface area (TPSA) is 718 Å². The van der Waals surface area contributed by atoms with Gasteiger partial charge in [0.1, 0.15) is 90.1 Å². The number of hydrogen-bond acceptors (Lipinski definition) is 38. The molecule has 0 unspecified atom stereocenters. The summed E-state index contributed by atoms with van der Waals surface area (Å²) in [4.78, 5) is 0. The van der Waals surface area contributed by atoms with Crippen molar-refractivity contribution in [3.05, 3.63) is 0 Å². The number of guanidine groups is 1. The molecule has 0 aromatic rings. The van der Waals surface area contributed by atoms with Gasteiger partial charge in [-0.25, -0.2) is 0 Å². The zero-order valence-corrected chi connectivity index (χ0v) is 59.9. The van der Waals surface area contributed by atoms with E-state index in [4.69, 9.17) is 131 Å². The predicted octanol–water partition coefficient (Wildman–Crippen LogP) is -12.8. The first-order valence-corrected chi connectivity index (χ1v) is 35.0. The molecule has 0 aromatic heterocycles. The average Bonchev–Trinajstić information content (AvgIpc) is 0.789. The number of aliphatic hydroxyl groups excluding tert-OH is 6. The van der Waals surface area contributed by atoms with Crippen LogP contribution in [0.2, 0.25) is 0 Å². The van der Waals surface area contributed by atoms with Crippen molar-refractivity contribution < 1.29 is 103 Å². The van der Waals surface area contributed by atoms with Crippen LogP contribution in [0.15, 0.2) is 5.10 Å². The molecule has 9 rings (SSSR count). The molecule has 0 spiro atoms. The van der Waals surface area contributed by atoms with Crippen LogP contribution in [0.5, 0.6) is 0 Å². The Hall–Kier alpha value is -2.37. The number of nitrogens with zero attached hydrogens (tertiary/aromatic N) is 1. The number of nitrogens with one attached hydrogen (secondary N) is 4. The van der Waals surface area contributed by atoms with Crippen LogP contribution in [0.4, 0.5) is 0 Å². The van der Waals surface area contributed by atoms with Crippen molar-refractivity contribution in [1.29, 1.82) is 0 Å². The number of hydrazone groups is 1. The lowest BCUT2D eigenvalue weighted by molar-refractivity contribution is -0.307. The van der Waals surface area contributed by atoms with Gasteiger partial charge >= 0.3 is 0 Å². The van der Waals surface area contributed by atoms with E-state index in [-0.39, 0.29) is 74.3 Å². The molecule has 0 bridgehead atoms. The Bertz CT molecular complexity index is 2460. The quantitative estimate of drug-likeness (QED) is 0.0247. The first kappa shape index (κ1) is 87.5. The second kappa shape index (κ2) is 38.6. The molecule has 40 nitrogen and oxygen atoms in total. The van der Waals surface area contributed by atoms with Crippen LogP contribution in [0.1, 0.15) is 92.4 Å². The lowest BCUT2D eigenvalue weighted by atomic mass is 9.84. The zero-order chi connectivity index (χ0) is 75.5. The van der Waals surface area contributed by atoms with E-state index in [1.165, 1.54) is 0 Å². The molecule has 101 heavy (non-hydrogen) atoms. The van der Waals surface area contributed by atoms with Crippen molar-refractivity contribution in [3.8, 4) is 0 Å². The maximum Gasteiger partial charge on any atom is 0.208 e. The summed E-state index contributed by atoms with van der Waals surface area (Å²) in [6.07, 6.45) is -13.3. The zero-order valence-electron chi connectivity index (χ0n) is 59.9. The standard InChI is InChI=1S/C21H43N5O7.C20H41N5O7.C19H39N5O7.CH6N4/c1-9(25-3)13-6-5-10(22)19(31-13)32-16-11(23)7-12(24)17(14(16)27)33-20-15(28)18(26-4)21(2,29)8-30-20;1-8(21)12-5-4-9(22)18(30-12)31-15-10(23)6-11(24)16(13(15)26)32-19-14(27)17(25-3)20(2,28)7-29-19;1-19(27)7-28-18(13(26)16(19)24-2)31-15-11(23)5-10(22)14(12(15)25)30-17-9(21)4-3-8(6-20)29-17;2-1(3)5-4/h9-20,25-29H,5-8,22-24H2,1-4H3;8-19,25-28H,4-7,21-24H2,1-3H3;8-18,24-27H,3-7,20-23H2,1-2H3;4H2,(H4,2,3,5)/t9-,10-,11+,12-,13+,14+,15-,16-,17+,18-,19-,20-,21+;8-,9-,10+,11-,12+,13+,14-,15-,16+,17-,18-,19-,20+;8-,9+,10-,11+,12-,13+,14+,15-,16+,17+,18+,19-;/m110./s1. The van der Waals surface area contributed by atoms with Crippen LogP contribution in [0, 0.1) is 0 Å². The fourth-order valence-corrected chi connectivity index (χ4v) is 14.6. The van der Waals surface area contributed by atoms with Gasteiger partial charge in [0.15, 0.2) is 37.7 Å². The molecular weight excluding hydrogens is 1330 g/mol. The fraction of sp³-hybridized carbons (Fsp3) is 0.984. The van der Waals surface area contributed by atoms with Gasteiger partial charge in [0.25, 0.3) is 0 Å². The second-order valence-corrected chi connectivity index (χ2v) is 29.3. The predicted molar refractivity (Wildman–Crippen MR) is 365 cm³/mol. The Morgan fingerprint density at radius 3 is 0.970 bits per heavy atom. The lowest BCUT2D eigenvalue weighted by Gasteiger charge is -2.48. The summed E-state index contributed by atoms with van der Waals surface area (Å²) in [5, 5.41) is 111. The van der Waals surface area contributed by atoms with Crippen molar-refractivity contribution in [2.24, 2.45) is 85.5 Å². The molecule has 3 saturated carbocycles. The summed E-state index contributed by atoms with van der Waals surface area (Å²) in [6.45, 7) is 8.70. The van der Waals surface area contributed by atoms with Crippen molar-refractivity contribution in [3.63, 3.8) is 0 Å². The van der Waals surface area contributed by atoms with E-state index >= 15 is 0 Å². The molecule has 6 heterocycles. The van der Waals surface area contributed by atoms with Gasteiger partial charge in [0, 0.05) is 54.9 Å². The maximum atomic E-state index is 11.1. The minimum absolute atomic E-state index is 0.0620. The average molecular weight is 1460 g/mol. The smallest absolute Gasteiger partial charge is 0.208 e. The van der Waals surface area contributed by atoms with Crippen molar-refractivity contribution in [1.82, 2.24) is 21.3 Å². The van der Waals surface area contributed by atoms with Crippen molar-refractivity contribution in [2.45, 2.75) is 323 Å². The maximum absolute atomic E-state index is 11.1. The van der Waals surface area contributed by atoms with Crippen LogP contribution in [-0.4, -0.2) is 337 Å². The van der Waals surface area contributed by atoms with Gasteiger partial charge in [-0.15, -0.1) is 5.10 Å². The van der Waals surface area contributed by atoms with Gasteiger partial charge in [-0.05, 0) is 121 Å². The SMILES string of the molecule is CN[C@@H]1[C@@H](O)[C@@H](O[C@@H]2[C@@H](O)[C@H](O[C@H]3O[C@H](CN)CC[C@H]3N)[C@@H](N)C[C@H]2N)OC[C@]1(C)O.CN[C@@H]1[C@@H](O)[C@@H](O[C@@H]2[C@@H](O)[C@H](O[C@H]3O[C@H]([C@@H](C)N)CC[C@H]3N)[C@@H](N)C[C@H]2N)OC[C@]1(C)O.CN[C@@H]1[C@@H](O)[C@@H](O[C@@H]2[C@@H](O)[C@H](O[C@H]3O[C@H]([C@@H](C)NC)CC[C@H]3N)[C@@H](N)C[C@H]2N)OC[C@]1(C)O.NN=C(N)N. The van der Waals surface area contributed by atoms with Crippen LogP contribution in [-0.2, 0) is 56.8 Å². The normalized spacial score (nSPS) is 48.8. The van der Waals surface area contributed by atoms with E-state index in [2.05, 4.69) is 32.2 Å². The summed E-state index contributed by atoms with van der Waals surface area (Å²) in [6, 6.07) is -6.84. The molecule has 6 saturated heterocycles. The molecule has 0 amide bonds. The highest BCUT2D eigenvalue weighted by molar-refractivity contribution is 5.75. The fourth-order valence-electron chi connectivity index (χ4n) is 14.6. The van der Waals surface area contributed by atoms with Crippen LogP contribution < -0.4 is 102 Å². The van der Waals surface area contributed by atoms with E-state index < -0.39 is 182 Å². The Morgan fingerprint density at radius 2 is 0.703 bits per heavy atom. The van der Waals surface area contributed by atoms with Gasteiger partial charge in [-0.3, -0.25) is 0 Å². The number of nitrogens with two attached hydrogens (primary N) is 14. The van der Waals surface area contributed by atoms with Crippen molar-refractivity contribution in [2.75, 3.05) is 54.6 Å². The first-order chi connectivity index (χ1) is 47.3. The molecule has 3 aliphatic carbocycles. The van der Waals surface area contributed by atoms with Gasteiger partial charge in [0.2, 0.25) is 5.96 Å². The van der Waals surface area contributed by atoms with Gasteiger partial charge in [-0.1, -0.05) is 0 Å². The summed E-state index contributed by atoms with van der Waals surface area (Å²) in [5.74, 6) is 4.42. The van der Waals surface area contributed by atoms with Gasteiger partial charge < -0.3 is 204 Å². The van der Waals surface area contributed by atoms with Crippen LogP contribution >= 0.6 is 0 Å². The highest BCUT2D eigenvalue weighted by atomic mass is 16.7. The molecule has 0 aromatic carbocycles. The third kappa shape index (κ3) is 22.2. The Labute approximate surface area is 591 Å². The summed E-state index contributed by atoms with van der Waals surface area (Å²) in [5.41, 5.74) is 73.2. The second-order valence-electron chi connectivity index (χ2n) is 29.3. The Kier molecular flexibility index (Phi) is 33.5. The third-order valence-electron chi connectivity index (χ3n) is 20.8. The van der Waals surface area contributed by atoms with E-state index in [1.807, 2.05) is 20.9 Å². The highest BCUT2D eigenvalue weighted by Crippen LogP contribution is 2.36. The number of rotatable bonds is 19. The molecule has 41 N–H and O–H groups in total. The molecule has 0 radical (unpaired) electrons. The molecule has 38 atom stereocenters. The Balaban J connectivity index is 0.000000230. The van der Waals surface area contributed by atoms with Crippen LogP contribution in [0.3, 0.4) is 0 Å². The van der Waals surface area contributed by atoms with E-state index in [0.29, 0.717) is 45.1 Å². The monoisotopic (exact) mass is 1460 g/mol. The molecule has 9 fully saturated rings. The summed E-state index contributed by atoms with van der Waals surface area (Å²) < 4.78 is 70.4. The summed E-state index contributed by atoms with van der Waals surface area (Å²) in [7, 11) is 6.74.